The second-order valence-electron chi connectivity index (χ2n) is 5.69. The van der Waals surface area contributed by atoms with E-state index in [-0.39, 0.29) is 11.8 Å². The van der Waals surface area contributed by atoms with E-state index in [4.69, 9.17) is 5.11 Å². The van der Waals surface area contributed by atoms with Crippen molar-refractivity contribution in [3.05, 3.63) is 0 Å². The van der Waals surface area contributed by atoms with Gasteiger partial charge in [-0.25, -0.2) is 0 Å². The van der Waals surface area contributed by atoms with Crippen molar-refractivity contribution < 1.29 is 9.90 Å². The van der Waals surface area contributed by atoms with Gasteiger partial charge in [0.05, 0.1) is 5.92 Å². The molecule has 1 atom stereocenters. The minimum absolute atomic E-state index is 0.203. The fraction of sp³-hybridized carbons (Fsp3) is 0.929. The highest BCUT2D eigenvalue weighted by atomic mass is 16.4. The lowest BCUT2D eigenvalue weighted by atomic mass is 9.87. The van der Waals surface area contributed by atoms with Gasteiger partial charge in [-0.2, -0.15) is 0 Å². The Morgan fingerprint density at radius 2 is 1.94 bits per heavy atom. The minimum atomic E-state index is -0.676. The lowest BCUT2D eigenvalue weighted by Gasteiger charge is -2.22. The number of hydrogen-bond donors (Lipinski definition) is 2. The van der Waals surface area contributed by atoms with Crippen molar-refractivity contribution in [2.45, 2.75) is 52.4 Å². The number of carboxylic acids is 1. The zero-order valence-electron chi connectivity index (χ0n) is 11.2. The van der Waals surface area contributed by atoms with Crippen molar-refractivity contribution in [1.82, 2.24) is 5.32 Å². The maximum atomic E-state index is 11.0. The lowest BCUT2D eigenvalue weighted by molar-refractivity contribution is -0.143. The zero-order valence-corrected chi connectivity index (χ0v) is 11.2. The van der Waals surface area contributed by atoms with Crippen LogP contribution in [0, 0.1) is 17.8 Å². The third-order valence-electron chi connectivity index (χ3n) is 3.94. The molecular formula is C14H27NO2. The molecule has 0 spiro atoms. The first kappa shape index (κ1) is 14.5. The molecule has 3 nitrogen and oxygen atoms in total. The van der Waals surface area contributed by atoms with Crippen molar-refractivity contribution >= 4 is 5.97 Å². The summed E-state index contributed by atoms with van der Waals surface area (Å²) in [5.74, 6) is 0.153. The summed E-state index contributed by atoms with van der Waals surface area (Å²) in [5.41, 5.74) is 0. The average Bonchev–Trinajstić information content (AvgIpc) is 2.29. The van der Waals surface area contributed by atoms with E-state index in [9.17, 15) is 4.79 Å². The van der Waals surface area contributed by atoms with Gasteiger partial charge in [-0.15, -0.1) is 0 Å². The molecule has 0 heterocycles. The van der Waals surface area contributed by atoms with E-state index in [1.165, 1.54) is 38.5 Å². The van der Waals surface area contributed by atoms with Gasteiger partial charge in [0.15, 0.2) is 0 Å². The van der Waals surface area contributed by atoms with Gasteiger partial charge in [0.1, 0.15) is 0 Å². The smallest absolute Gasteiger partial charge is 0.308 e. The number of carboxylic acid groups (broad SMARTS) is 1. The number of carbonyl (C=O) groups is 1. The first-order chi connectivity index (χ1) is 8.11. The second kappa shape index (κ2) is 7.70. The zero-order chi connectivity index (χ0) is 12.7. The summed E-state index contributed by atoms with van der Waals surface area (Å²) in [6.45, 7) is 5.53. The minimum Gasteiger partial charge on any atom is -0.481 e. The molecular weight excluding hydrogens is 214 g/mol. The molecule has 3 heteroatoms. The number of nitrogens with one attached hydrogen (secondary N) is 1. The molecule has 0 bridgehead atoms. The van der Waals surface area contributed by atoms with E-state index < -0.39 is 5.97 Å². The summed E-state index contributed by atoms with van der Waals surface area (Å²) in [5, 5.41) is 12.4. The van der Waals surface area contributed by atoms with E-state index >= 15 is 0 Å². The first-order valence-electron chi connectivity index (χ1n) is 7.04. The normalized spacial score (nSPS) is 19.5. The van der Waals surface area contributed by atoms with Gasteiger partial charge < -0.3 is 10.4 Å². The molecule has 0 aromatic rings. The van der Waals surface area contributed by atoms with Crippen LogP contribution in [0.3, 0.4) is 0 Å². The maximum absolute atomic E-state index is 11.0. The molecule has 0 aromatic heterocycles. The molecule has 1 aliphatic carbocycles. The molecule has 1 fully saturated rings. The van der Waals surface area contributed by atoms with Crippen molar-refractivity contribution in [2.75, 3.05) is 13.1 Å². The fourth-order valence-electron chi connectivity index (χ4n) is 2.65. The summed E-state index contributed by atoms with van der Waals surface area (Å²) in [7, 11) is 0. The summed E-state index contributed by atoms with van der Waals surface area (Å²) >= 11 is 0. The number of aliphatic carboxylic acids is 1. The quantitative estimate of drug-likeness (QED) is 0.674. The van der Waals surface area contributed by atoms with Crippen molar-refractivity contribution in [2.24, 2.45) is 17.8 Å². The summed E-state index contributed by atoms with van der Waals surface area (Å²) in [6, 6.07) is 0. The molecule has 2 N–H and O–H groups in total. The van der Waals surface area contributed by atoms with Crippen molar-refractivity contribution in [3.8, 4) is 0 Å². The van der Waals surface area contributed by atoms with E-state index in [1.54, 1.807) is 0 Å². The van der Waals surface area contributed by atoms with Crippen molar-refractivity contribution in [1.29, 1.82) is 0 Å². The highest BCUT2D eigenvalue weighted by Gasteiger charge is 2.20. The second-order valence-corrected chi connectivity index (χ2v) is 5.69. The van der Waals surface area contributed by atoms with E-state index in [0.29, 0.717) is 6.54 Å². The van der Waals surface area contributed by atoms with Crippen molar-refractivity contribution in [3.63, 3.8) is 0 Å². The number of hydrogen-bond acceptors (Lipinski definition) is 2. The molecule has 0 amide bonds. The van der Waals surface area contributed by atoms with Crippen LogP contribution in [0.4, 0.5) is 0 Å². The standard InChI is InChI=1S/C14H27NO2/c1-11(2)13(14(16)17)10-15-9-8-12-6-4-3-5-7-12/h11-13,15H,3-10H2,1-2H3,(H,16,17). The predicted molar refractivity (Wildman–Crippen MR) is 70.0 cm³/mol. The van der Waals surface area contributed by atoms with Gasteiger partial charge in [-0.1, -0.05) is 46.0 Å². The monoisotopic (exact) mass is 241 g/mol. The number of rotatable bonds is 7. The van der Waals surface area contributed by atoms with E-state index in [2.05, 4.69) is 5.32 Å². The van der Waals surface area contributed by atoms with Gasteiger partial charge in [0.25, 0.3) is 0 Å². The lowest BCUT2D eigenvalue weighted by Crippen LogP contribution is -2.33. The summed E-state index contributed by atoms with van der Waals surface area (Å²) < 4.78 is 0. The van der Waals surface area contributed by atoms with Gasteiger partial charge in [-0.3, -0.25) is 4.79 Å². The third-order valence-corrected chi connectivity index (χ3v) is 3.94. The molecule has 1 saturated carbocycles. The summed E-state index contributed by atoms with van der Waals surface area (Å²) in [6.07, 6.45) is 8.12. The van der Waals surface area contributed by atoms with Crippen LogP contribution in [0.15, 0.2) is 0 Å². The van der Waals surface area contributed by atoms with E-state index in [0.717, 1.165) is 12.5 Å². The van der Waals surface area contributed by atoms with Gasteiger partial charge >= 0.3 is 5.97 Å². The molecule has 0 aromatic carbocycles. The average molecular weight is 241 g/mol. The summed E-state index contributed by atoms with van der Waals surface area (Å²) in [4.78, 5) is 11.0. The Morgan fingerprint density at radius 3 is 2.47 bits per heavy atom. The van der Waals surface area contributed by atoms with Crippen LogP contribution in [0.1, 0.15) is 52.4 Å². The van der Waals surface area contributed by atoms with Gasteiger partial charge in [0, 0.05) is 6.54 Å². The molecule has 0 saturated heterocycles. The first-order valence-corrected chi connectivity index (χ1v) is 7.04. The predicted octanol–water partition coefficient (Wildman–Crippen LogP) is 2.90. The molecule has 1 aliphatic rings. The van der Waals surface area contributed by atoms with Crippen LogP contribution in [0.2, 0.25) is 0 Å². The molecule has 0 radical (unpaired) electrons. The Morgan fingerprint density at radius 1 is 1.29 bits per heavy atom. The molecule has 17 heavy (non-hydrogen) atoms. The maximum Gasteiger partial charge on any atom is 0.308 e. The molecule has 1 unspecified atom stereocenters. The van der Waals surface area contributed by atoms with Gasteiger partial charge in [-0.05, 0) is 24.8 Å². The van der Waals surface area contributed by atoms with Crippen LogP contribution >= 0.6 is 0 Å². The van der Waals surface area contributed by atoms with Crippen LogP contribution in [-0.2, 0) is 4.79 Å². The largest absolute Gasteiger partial charge is 0.481 e. The van der Waals surface area contributed by atoms with Crippen LogP contribution in [-0.4, -0.2) is 24.2 Å². The Bertz CT molecular complexity index is 222. The molecule has 1 rings (SSSR count). The molecule has 0 aliphatic heterocycles. The van der Waals surface area contributed by atoms with E-state index in [1.807, 2.05) is 13.8 Å². The Labute approximate surface area is 105 Å². The van der Waals surface area contributed by atoms with Gasteiger partial charge in [0.2, 0.25) is 0 Å². The Hall–Kier alpha value is -0.570. The highest BCUT2D eigenvalue weighted by molar-refractivity contribution is 5.70. The fourth-order valence-corrected chi connectivity index (χ4v) is 2.65. The SMILES string of the molecule is CC(C)C(CNCCC1CCCCC1)C(=O)O. The van der Waals surface area contributed by atoms with Crippen LogP contribution in [0.25, 0.3) is 0 Å². The highest BCUT2D eigenvalue weighted by Crippen LogP contribution is 2.25. The Balaban J connectivity index is 2.11. The Kier molecular flexibility index (Phi) is 6.56. The topological polar surface area (TPSA) is 49.3 Å². The van der Waals surface area contributed by atoms with Crippen LogP contribution < -0.4 is 5.32 Å². The third kappa shape index (κ3) is 5.53. The molecule has 100 valence electrons. The van der Waals surface area contributed by atoms with Crippen LogP contribution in [0.5, 0.6) is 0 Å².